The number of hydrogen-bond acceptors (Lipinski definition) is 3. The first kappa shape index (κ1) is 13.4. The van der Waals surface area contributed by atoms with Gasteiger partial charge in [0.1, 0.15) is 0 Å². The number of aromatic nitrogens is 3. The van der Waals surface area contributed by atoms with Crippen LogP contribution in [0.4, 0.5) is 5.69 Å². The molecule has 0 amide bonds. The molecule has 2 aromatic heterocycles. The Morgan fingerprint density at radius 1 is 1.05 bits per heavy atom. The van der Waals surface area contributed by atoms with Crippen molar-refractivity contribution in [3.05, 3.63) is 78.4 Å². The molecule has 3 rings (SSSR count). The zero-order valence-electron chi connectivity index (χ0n) is 12.0. The van der Waals surface area contributed by atoms with Crippen LogP contribution in [0.3, 0.4) is 0 Å². The highest BCUT2D eigenvalue weighted by Gasteiger charge is 2.08. The minimum Gasteiger partial charge on any atom is -0.378 e. The van der Waals surface area contributed by atoms with E-state index in [9.17, 15) is 0 Å². The Morgan fingerprint density at radius 2 is 1.86 bits per heavy atom. The Labute approximate surface area is 124 Å². The Morgan fingerprint density at radius 3 is 2.62 bits per heavy atom. The summed E-state index contributed by atoms with van der Waals surface area (Å²) in [6.45, 7) is 2.92. The number of benzene rings is 1. The molecule has 0 saturated heterocycles. The van der Waals surface area contributed by atoms with E-state index in [1.165, 1.54) is 11.1 Å². The SMILES string of the molecule is CC(Nc1ccccc1Cn1cccn1)c1ccncc1. The molecule has 4 nitrogen and oxygen atoms in total. The highest BCUT2D eigenvalue weighted by atomic mass is 15.3. The monoisotopic (exact) mass is 278 g/mol. The zero-order valence-corrected chi connectivity index (χ0v) is 12.0. The Balaban J connectivity index is 1.79. The average Bonchev–Trinajstić information content (AvgIpc) is 3.03. The Kier molecular flexibility index (Phi) is 3.96. The molecule has 2 heterocycles. The third kappa shape index (κ3) is 3.28. The van der Waals surface area contributed by atoms with Gasteiger partial charge in [-0.15, -0.1) is 0 Å². The second-order valence-corrected chi connectivity index (χ2v) is 5.01. The molecule has 21 heavy (non-hydrogen) atoms. The Hall–Kier alpha value is -2.62. The largest absolute Gasteiger partial charge is 0.378 e. The van der Waals surface area contributed by atoms with Gasteiger partial charge < -0.3 is 5.32 Å². The maximum Gasteiger partial charge on any atom is 0.0679 e. The van der Waals surface area contributed by atoms with Gasteiger partial charge in [-0.1, -0.05) is 18.2 Å². The van der Waals surface area contributed by atoms with Crippen LogP contribution in [0.15, 0.2) is 67.3 Å². The fraction of sp³-hybridized carbons (Fsp3) is 0.176. The van der Waals surface area contributed by atoms with Crippen LogP contribution in [0, 0.1) is 0 Å². The van der Waals surface area contributed by atoms with E-state index in [1.54, 1.807) is 6.20 Å². The van der Waals surface area contributed by atoms with Crippen molar-refractivity contribution in [2.24, 2.45) is 0 Å². The van der Waals surface area contributed by atoms with E-state index in [-0.39, 0.29) is 6.04 Å². The van der Waals surface area contributed by atoms with Crippen LogP contribution in [-0.2, 0) is 6.54 Å². The fourth-order valence-corrected chi connectivity index (χ4v) is 2.34. The van der Waals surface area contributed by atoms with E-state index in [4.69, 9.17) is 0 Å². The summed E-state index contributed by atoms with van der Waals surface area (Å²) in [7, 11) is 0. The number of anilines is 1. The minimum atomic E-state index is 0.228. The predicted octanol–water partition coefficient (Wildman–Crippen LogP) is 3.50. The van der Waals surface area contributed by atoms with Crippen molar-refractivity contribution in [3.8, 4) is 0 Å². The molecular formula is C17H18N4. The van der Waals surface area contributed by atoms with Gasteiger partial charge in [-0.25, -0.2) is 0 Å². The third-order valence-electron chi connectivity index (χ3n) is 3.49. The summed E-state index contributed by atoms with van der Waals surface area (Å²) in [6.07, 6.45) is 7.42. The lowest BCUT2D eigenvalue weighted by Gasteiger charge is -2.18. The zero-order chi connectivity index (χ0) is 14.5. The van der Waals surface area contributed by atoms with Gasteiger partial charge in [0.05, 0.1) is 6.54 Å². The molecule has 0 aliphatic rings. The van der Waals surface area contributed by atoms with Gasteiger partial charge >= 0.3 is 0 Å². The third-order valence-corrected chi connectivity index (χ3v) is 3.49. The molecule has 0 radical (unpaired) electrons. The first-order valence-corrected chi connectivity index (χ1v) is 7.05. The standard InChI is InChI=1S/C17H18N4/c1-14(15-7-10-18-11-8-15)20-17-6-3-2-5-16(17)13-21-12-4-9-19-21/h2-12,14,20H,13H2,1H3. The van der Waals surface area contributed by atoms with Gasteiger partial charge in [-0.3, -0.25) is 9.67 Å². The average molecular weight is 278 g/mol. The molecule has 0 aliphatic carbocycles. The maximum absolute atomic E-state index is 4.27. The second-order valence-electron chi connectivity index (χ2n) is 5.01. The van der Waals surface area contributed by atoms with Gasteiger partial charge in [0, 0.05) is 36.5 Å². The second kappa shape index (κ2) is 6.22. The summed E-state index contributed by atoms with van der Waals surface area (Å²) in [5.74, 6) is 0. The summed E-state index contributed by atoms with van der Waals surface area (Å²) >= 11 is 0. The highest BCUT2D eigenvalue weighted by Crippen LogP contribution is 2.22. The number of hydrogen-bond donors (Lipinski definition) is 1. The normalized spacial score (nSPS) is 12.0. The molecule has 106 valence electrons. The molecule has 0 bridgehead atoms. The number of pyridine rings is 1. The summed E-state index contributed by atoms with van der Waals surface area (Å²) < 4.78 is 1.93. The smallest absolute Gasteiger partial charge is 0.0679 e. The molecule has 0 aliphatic heterocycles. The number of para-hydroxylation sites is 1. The summed E-state index contributed by atoms with van der Waals surface area (Å²) in [4.78, 5) is 4.06. The van der Waals surface area contributed by atoms with Crippen LogP contribution >= 0.6 is 0 Å². The summed E-state index contributed by atoms with van der Waals surface area (Å²) in [5, 5.41) is 7.84. The number of rotatable bonds is 5. The fourth-order valence-electron chi connectivity index (χ4n) is 2.34. The van der Waals surface area contributed by atoms with Gasteiger partial charge in [0.2, 0.25) is 0 Å². The molecule has 3 aromatic rings. The van der Waals surface area contributed by atoms with Crippen LogP contribution in [0.2, 0.25) is 0 Å². The summed E-state index contributed by atoms with van der Waals surface area (Å²) in [5.41, 5.74) is 3.58. The van der Waals surface area contributed by atoms with Crippen molar-refractivity contribution < 1.29 is 0 Å². The molecule has 0 spiro atoms. The van der Waals surface area contributed by atoms with Crippen molar-refractivity contribution in [2.45, 2.75) is 19.5 Å². The van der Waals surface area contributed by atoms with Crippen LogP contribution in [0.5, 0.6) is 0 Å². The van der Waals surface area contributed by atoms with Gasteiger partial charge in [0.15, 0.2) is 0 Å². The highest BCUT2D eigenvalue weighted by molar-refractivity contribution is 5.52. The first-order chi connectivity index (χ1) is 10.3. The van der Waals surface area contributed by atoms with Gasteiger partial charge in [-0.2, -0.15) is 5.10 Å². The topological polar surface area (TPSA) is 42.7 Å². The van der Waals surface area contributed by atoms with Crippen LogP contribution in [0.25, 0.3) is 0 Å². The molecule has 1 unspecified atom stereocenters. The van der Waals surface area contributed by atoms with E-state index in [0.717, 1.165) is 12.2 Å². The van der Waals surface area contributed by atoms with Crippen molar-refractivity contribution in [1.29, 1.82) is 0 Å². The quantitative estimate of drug-likeness (QED) is 0.776. The van der Waals surface area contributed by atoms with Crippen molar-refractivity contribution in [3.63, 3.8) is 0 Å². The number of nitrogens with zero attached hydrogens (tertiary/aromatic N) is 3. The lowest BCUT2D eigenvalue weighted by Crippen LogP contribution is -2.10. The van der Waals surface area contributed by atoms with Gasteiger partial charge in [0.25, 0.3) is 0 Å². The molecule has 0 saturated carbocycles. The molecular weight excluding hydrogens is 260 g/mol. The van der Waals surface area contributed by atoms with Crippen molar-refractivity contribution in [1.82, 2.24) is 14.8 Å². The summed E-state index contributed by atoms with van der Waals surface area (Å²) in [6, 6.07) is 14.6. The molecule has 1 aromatic carbocycles. The lowest BCUT2D eigenvalue weighted by atomic mass is 10.1. The van der Waals surface area contributed by atoms with E-state index in [0.29, 0.717) is 0 Å². The van der Waals surface area contributed by atoms with Gasteiger partial charge in [-0.05, 0) is 42.3 Å². The van der Waals surface area contributed by atoms with Crippen molar-refractivity contribution in [2.75, 3.05) is 5.32 Å². The van der Waals surface area contributed by atoms with E-state index < -0.39 is 0 Å². The molecule has 1 N–H and O–H groups in total. The lowest BCUT2D eigenvalue weighted by molar-refractivity contribution is 0.686. The molecule has 1 atom stereocenters. The minimum absolute atomic E-state index is 0.228. The van der Waals surface area contributed by atoms with Crippen LogP contribution in [0.1, 0.15) is 24.1 Å². The maximum atomic E-state index is 4.27. The van der Waals surface area contributed by atoms with E-state index in [2.05, 4.69) is 40.5 Å². The van der Waals surface area contributed by atoms with Crippen LogP contribution in [-0.4, -0.2) is 14.8 Å². The molecule has 4 heteroatoms. The number of nitrogens with one attached hydrogen (secondary N) is 1. The van der Waals surface area contributed by atoms with Crippen molar-refractivity contribution >= 4 is 5.69 Å². The Bertz CT molecular complexity index is 677. The first-order valence-electron chi connectivity index (χ1n) is 7.05. The molecule has 0 fully saturated rings. The van der Waals surface area contributed by atoms with Crippen LogP contribution < -0.4 is 5.32 Å². The predicted molar refractivity (Wildman–Crippen MR) is 84.0 cm³/mol. The van der Waals surface area contributed by atoms with E-state index in [1.807, 2.05) is 47.5 Å². The van der Waals surface area contributed by atoms with E-state index >= 15 is 0 Å².